The van der Waals surface area contributed by atoms with E-state index in [1.54, 1.807) is 0 Å². The molecule has 1 saturated carbocycles. The van der Waals surface area contributed by atoms with Crippen molar-refractivity contribution < 1.29 is 14.3 Å². The Bertz CT molecular complexity index is 222. The van der Waals surface area contributed by atoms with E-state index in [-0.39, 0.29) is 11.6 Å². The van der Waals surface area contributed by atoms with Crippen LogP contribution in [0.15, 0.2) is 0 Å². The molecule has 2 atom stereocenters. The standard InChI is InChI=1S/C9H14O3/c1-8-5-3-4-6-9(8,12-8)7(10)11-2/h3-6H2,1-2H3. The Kier molecular flexibility index (Phi) is 1.49. The molecule has 12 heavy (non-hydrogen) atoms. The minimum Gasteiger partial charge on any atom is -0.467 e. The van der Waals surface area contributed by atoms with Crippen molar-refractivity contribution in [3.63, 3.8) is 0 Å². The summed E-state index contributed by atoms with van der Waals surface area (Å²) in [5.74, 6) is -0.190. The molecule has 0 N–H and O–H groups in total. The lowest BCUT2D eigenvalue weighted by Crippen LogP contribution is -2.36. The number of epoxide rings is 1. The minimum absolute atomic E-state index is 0.190. The fraction of sp³-hybridized carbons (Fsp3) is 0.889. The highest BCUT2D eigenvalue weighted by molar-refractivity contribution is 5.84. The van der Waals surface area contributed by atoms with Gasteiger partial charge >= 0.3 is 5.97 Å². The van der Waals surface area contributed by atoms with Gasteiger partial charge in [0.25, 0.3) is 0 Å². The molecule has 0 aromatic rings. The highest BCUT2D eigenvalue weighted by Crippen LogP contribution is 2.57. The molecule has 2 aliphatic rings. The summed E-state index contributed by atoms with van der Waals surface area (Å²) >= 11 is 0. The van der Waals surface area contributed by atoms with Gasteiger partial charge in [0.2, 0.25) is 0 Å². The first-order valence-corrected chi connectivity index (χ1v) is 4.43. The van der Waals surface area contributed by atoms with E-state index in [4.69, 9.17) is 9.47 Å². The number of carbonyl (C=O) groups excluding carboxylic acids is 1. The molecule has 2 fully saturated rings. The molecule has 68 valence electrons. The molecule has 0 spiro atoms. The van der Waals surface area contributed by atoms with Gasteiger partial charge in [0, 0.05) is 0 Å². The van der Waals surface area contributed by atoms with E-state index in [1.807, 2.05) is 6.92 Å². The quantitative estimate of drug-likeness (QED) is 0.439. The van der Waals surface area contributed by atoms with Crippen molar-refractivity contribution in [1.82, 2.24) is 0 Å². The smallest absolute Gasteiger partial charge is 0.341 e. The summed E-state index contributed by atoms with van der Waals surface area (Å²) in [6.07, 6.45) is 4.05. The zero-order valence-corrected chi connectivity index (χ0v) is 7.55. The molecular weight excluding hydrogens is 156 g/mol. The number of fused-ring (bicyclic) bond motifs is 1. The maximum atomic E-state index is 11.4. The molecule has 0 amide bonds. The molecule has 2 unspecified atom stereocenters. The van der Waals surface area contributed by atoms with Gasteiger partial charge in [-0.3, -0.25) is 0 Å². The summed E-state index contributed by atoms with van der Waals surface area (Å²) in [7, 11) is 1.42. The maximum Gasteiger partial charge on any atom is 0.341 e. The topological polar surface area (TPSA) is 38.8 Å². The van der Waals surface area contributed by atoms with Gasteiger partial charge in [0.05, 0.1) is 7.11 Å². The van der Waals surface area contributed by atoms with Crippen LogP contribution in [0.5, 0.6) is 0 Å². The molecule has 1 heterocycles. The zero-order chi connectivity index (χ0) is 8.82. The summed E-state index contributed by atoms with van der Waals surface area (Å²) in [6.45, 7) is 2.00. The van der Waals surface area contributed by atoms with Crippen LogP contribution in [0.2, 0.25) is 0 Å². The molecule has 0 bridgehead atoms. The van der Waals surface area contributed by atoms with E-state index in [9.17, 15) is 4.79 Å². The Hall–Kier alpha value is -0.570. The van der Waals surface area contributed by atoms with Gasteiger partial charge in [-0.15, -0.1) is 0 Å². The van der Waals surface area contributed by atoms with Gasteiger partial charge in [-0.25, -0.2) is 4.79 Å². The Balaban J connectivity index is 2.18. The number of carbonyl (C=O) groups is 1. The van der Waals surface area contributed by atoms with E-state index in [0.717, 1.165) is 25.7 Å². The van der Waals surface area contributed by atoms with Gasteiger partial charge in [-0.1, -0.05) is 6.42 Å². The van der Waals surface area contributed by atoms with Crippen molar-refractivity contribution >= 4 is 5.97 Å². The molecule has 1 saturated heterocycles. The Morgan fingerprint density at radius 3 is 2.67 bits per heavy atom. The van der Waals surface area contributed by atoms with Gasteiger partial charge in [0.1, 0.15) is 5.60 Å². The predicted molar refractivity (Wildman–Crippen MR) is 42.7 cm³/mol. The molecule has 1 aliphatic carbocycles. The van der Waals surface area contributed by atoms with Gasteiger partial charge in [0.15, 0.2) is 5.60 Å². The van der Waals surface area contributed by atoms with E-state index in [2.05, 4.69) is 0 Å². The van der Waals surface area contributed by atoms with Crippen LogP contribution in [-0.4, -0.2) is 24.3 Å². The first-order chi connectivity index (χ1) is 5.65. The van der Waals surface area contributed by atoms with Crippen molar-refractivity contribution in [3.05, 3.63) is 0 Å². The number of esters is 1. The minimum atomic E-state index is -0.569. The van der Waals surface area contributed by atoms with Crippen LogP contribution in [0.4, 0.5) is 0 Å². The molecule has 0 aromatic heterocycles. The summed E-state index contributed by atoms with van der Waals surface area (Å²) in [4.78, 5) is 11.4. The Morgan fingerprint density at radius 1 is 1.42 bits per heavy atom. The Morgan fingerprint density at radius 2 is 2.08 bits per heavy atom. The Labute approximate surface area is 72.0 Å². The van der Waals surface area contributed by atoms with Gasteiger partial charge in [-0.05, 0) is 26.2 Å². The third-order valence-corrected chi connectivity index (χ3v) is 3.16. The van der Waals surface area contributed by atoms with Crippen molar-refractivity contribution in [2.24, 2.45) is 0 Å². The lowest BCUT2D eigenvalue weighted by atomic mass is 9.80. The molecule has 3 nitrogen and oxygen atoms in total. The first-order valence-electron chi connectivity index (χ1n) is 4.43. The normalized spacial score (nSPS) is 44.8. The number of ether oxygens (including phenoxy) is 2. The van der Waals surface area contributed by atoms with Crippen LogP contribution in [-0.2, 0) is 14.3 Å². The summed E-state index contributed by atoms with van der Waals surface area (Å²) < 4.78 is 10.3. The van der Waals surface area contributed by atoms with E-state index in [0.29, 0.717) is 0 Å². The lowest BCUT2D eigenvalue weighted by molar-refractivity contribution is -0.147. The van der Waals surface area contributed by atoms with Crippen molar-refractivity contribution in [2.45, 2.75) is 43.8 Å². The van der Waals surface area contributed by atoms with Crippen LogP contribution >= 0.6 is 0 Å². The molecule has 0 aromatic carbocycles. The second-order valence-electron chi connectivity index (χ2n) is 3.86. The maximum absolute atomic E-state index is 11.4. The van der Waals surface area contributed by atoms with Crippen LogP contribution < -0.4 is 0 Å². The third kappa shape index (κ3) is 0.774. The fourth-order valence-electron chi connectivity index (χ4n) is 2.29. The van der Waals surface area contributed by atoms with Crippen molar-refractivity contribution in [3.8, 4) is 0 Å². The van der Waals surface area contributed by atoms with E-state index < -0.39 is 5.60 Å². The lowest BCUT2D eigenvalue weighted by Gasteiger charge is -2.19. The average molecular weight is 170 g/mol. The van der Waals surface area contributed by atoms with Crippen LogP contribution in [0, 0.1) is 0 Å². The molecular formula is C9H14O3. The van der Waals surface area contributed by atoms with Crippen LogP contribution in [0.3, 0.4) is 0 Å². The highest BCUT2D eigenvalue weighted by Gasteiger charge is 2.72. The summed E-state index contributed by atoms with van der Waals surface area (Å²) in [6, 6.07) is 0. The highest BCUT2D eigenvalue weighted by atomic mass is 16.7. The van der Waals surface area contributed by atoms with E-state index in [1.165, 1.54) is 7.11 Å². The molecule has 1 aliphatic heterocycles. The largest absolute Gasteiger partial charge is 0.467 e. The van der Waals surface area contributed by atoms with Crippen molar-refractivity contribution in [2.75, 3.05) is 7.11 Å². The SMILES string of the molecule is COC(=O)C12CCCCC1(C)O2. The van der Waals surface area contributed by atoms with Crippen LogP contribution in [0.1, 0.15) is 32.6 Å². The average Bonchev–Trinajstić information content (AvgIpc) is 2.71. The van der Waals surface area contributed by atoms with Crippen molar-refractivity contribution in [1.29, 1.82) is 0 Å². The number of hydrogen-bond donors (Lipinski definition) is 0. The second kappa shape index (κ2) is 2.22. The van der Waals surface area contributed by atoms with Crippen LogP contribution in [0.25, 0.3) is 0 Å². The fourth-order valence-corrected chi connectivity index (χ4v) is 2.29. The summed E-state index contributed by atoms with van der Waals surface area (Å²) in [5, 5.41) is 0. The van der Waals surface area contributed by atoms with Gasteiger partial charge < -0.3 is 9.47 Å². The number of methoxy groups -OCH3 is 1. The van der Waals surface area contributed by atoms with Gasteiger partial charge in [-0.2, -0.15) is 0 Å². The molecule has 0 radical (unpaired) electrons. The van der Waals surface area contributed by atoms with E-state index >= 15 is 0 Å². The monoisotopic (exact) mass is 170 g/mol. The summed E-state index contributed by atoms with van der Waals surface area (Å²) in [5.41, 5.74) is -0.779. The zero-order valence-electron chi connectivity index (χ0n) is 7.55. The number of hydrogen-bond acceptors (Lipinski definition) is 3. The molecule has 2 rings (SSSR count). The number of rotatable bonds is 1. The first kappa shape index (κ1) is 8.05. The second-order valence-corrected chi connectivity index (χ2v) is 3.86. The molecule has 3 heteroatoms. The third-order valence-electron chi connectivity index (χ3n) is 3.16. The predicted octanol–water partition coefficient (Wildman–Crippen LogP) is 1.26.